The summed E-state index contributed by atoms with van der Waals surface area (Å²) in [6.07, 6.45) is -0.611. The Morgan fingerprint density at radius 1 is 1.06 bits per heavy atom. The fourth-order valence-electron chi connectivity index (χ4n) is 2.52. The van der Waals surface area contributed by atoms with Crippen LogP contribution in [0.1, 0.15) is 34.5 Å². The first-order valence-corrected chi connectivity index (χ1v) is 5.61. The summed E-state index contributed by atoms with van der Waals surface area (Å²) in [4.78, 5) is 11.6. The lowest BCUT2D eigenvalue weighted by Crippen LogP contribution is -1.97. The van der Waals surface area contributed by atoms with E-state index in [1.54, 1.807) is 6.92 Å². The van der Waals surface area contributed by atoms with E-state index in [-0.39, 0.29) is 5.78 Å². The lowest BCUT2D eigenvalue weighted by atomic mass is 9.97. The second-order valence-corrected chi connectivity index (χ2v) is 4.32. The van der Waals surface area contributed by atoms with Crippen LogP contribution in [0.4, 0.5) is 0 Å². The number of carbonyl (C=O) groups is 1. The highest BCUT2D eigenvalue weighted by Gasteiger charge is 2.29. The molecule has 0 heterocycles. The van der Waals surface area contributed by atoms with E-state index in [0.717, 1.165) is 22.3 Å². The molecule has 0 fully saturated rings. The van der Waals surface area contributed by atoms with Gasteiger partial charge in [0.15, 0.2) is 5.78 Å². The summed E-state index contributed by atoms with van der Waals surface area (Å²) in [7, 11) is 0. The molecule has 1 aliphatic carbocycles. The van der Waals surface area contributed by atoms with Gasteiger partial charge < -0.3 is 5.11 Å². The smallest absolute Gasteiger partial charge is 0.160 e. The number of rotatable bonds is 1. The first kappa shape index (κ1) is 10.2. The maximum absolute atomic E-state index is 11.6. The summed E-state index contributed by atoms with van der Waals surface area (Å²) < 4.78 is 0. The molecule has 0 bridgehead atoms. The Labute approximate surface area is 99.5 Å². The molecule has 0 aliphatic heterocycles. The Balaban J connectivity index is 2.38. The zero-order valence-electron chi connectivity index (χ0n) is 9.47. The van der Waals surface area contributed by atoms with Crippen molar-refractivity contribution < 1.29 is 9.90 Å². The fraction of sp³-hybridized carbons (Fsp3) is 0.133. The highest BCUT2D eigenvalue weighted by molar-refractivity contribution is 6.03. The largest absolute Gasteiger partial charge is 0.384 e. The van der Waals surface area contributed by atoms with E-state index in [1.807, 2.05) is 42.5 Å². The lowest BCUT2D eigenvalue weighted by Gasteiger charge is -2.06. The van der Waals surface area contributed by atoms with E-state index < -0.39 is 6.10 Å². The minimum Gasteiger partial charge on any atom is -0.384 e. The molecule has 17 heavy (non-hydrogen) atoms. The predicted molar refractivity (Wildman–Crippen MR) is 65.9 cm³/mol. The van der Waals surface area contributed by atoms with Crippen molar-refractivity contribution in [1.82, 2.24) is 0 Å². The Morgan fingerprint density at radius 2 is 1.76 bits per heavy atom. The Hall–Kier alpha value is -1.93. The molecule has 84 valence electrons. The summed E-state index contributed by atoms with van der Waals surface area (Å²) in [5, 5.41) is 10.2. The van der Waals surface area contributed by atoms with Gasteiger partial charge in [0, 0.05) is 5.56 Å². The van der Waals surface area contributed by atoms with Crippen LogP contribution in [0.15, 0.2) is 42.5 Å². The van der Waals surface area contributed by atoms with Gasteiger partial charge in [-0.05, 0) is 29.2 Å². The number of fused-ring (bicyclic) bond motifs is 3. The average Bonchev–Trinajstić information content (AvgIpc) is 2.64. The van der Waals surface area contributed by atoms with Crippen LogP contribution in [0, 0.1) is 0 Å². The zero-order valence-corrected chi connectivity index (χ0v) is 9.47. The second-order valence-electron chi connectivity index (χ2n) is 4.32. The van der Waals surface area contributed by atoms with Crippen molar-refractivity contribution in [3.05, 3.63) is 59.2 Å². The summed E-state index contributed by atoms with van der Waals surface area (Å²) in [6, 6.07) is 13.2. The average molecular weight is 224 g/mol. The van der Waals surface area contributed by atoms with Crippen LogP contribution >= 0.6 is 0 Å². The standard InChI is InChI=1S/C15H12O2/c1-9(16)10-7-4-8-13-14(10)11-5-2-3-6-12(11)15(13)17/h2-8,15,17H,1H3. The summed E-state index contributed by atoms with van der Waals surface area (Å²) in [6.45, 7) is 1.56. The monoisotopic (exact) mass is 224 g/mol. The van der Waals surface area contributed by atoms with Crippen LogP contribution in [-0.2, 0) is 0 Å². The molecule has 0 saturated heterocycles. The molecule has 0 spiro atoms. The number of hydrogen-bond donors (Lipinski definition) is 1. The van der Waals surface area contributed by atoms with E-state index in [9.17, 15) is 9.90 Å². The second kappa shape index (κ2) is 3.54. The van der Waals surface area contributed by atoms with E-state index in [1.165, 1.54) is 0 Å². The fourth-order valence-corrected chi connectivity index (χ4v) is 2.52. The molecule has 0 aromatic heterocycles. The Bertz CT molecular complexity index is 614. The van der Waals surface area contributed by atoms with Gasteiger partial charge in [-0.25, -0.2) is 0 Å². The molecule has 2 aromatic rings. The molecule has 1 N–H and O–H groups in total. The van der Waals surface area contributed by atoms with Crippen molar-refractivity contribution >= 4 is 5.78 Å². The summed E-state index contributed by atoms with van der Waals surface area (Å²) in [5.74, 6) is 0.0331. The summed E-state index contributed by atoms with van der Waals surface area (Å²) >= 11 is 0. The minimum absolute atomic E-state index is 0.0331. The van der Waals surface area contributed by atoms with Crippen LogP contribution in [0.25, 0.3) is 11.1 Å². The lowest BCUT2D eigenvalue weighted by molar-refractivity contribution is 0.101. The van der Waals surface area contributed by atoms with Gasteiger partial charge in [0.25, 0.3) is 0 Å². The van der Waals surface area contributed by atoms with Crippen LogP contribution in [0.2, 0.25) is 0 Å². The van der Waals surface area contributed by atoms with E-state index in [4.69, 9.17) is 0 Å². The van der Waals surface area contributed by atoms with Crippen LogP contribution in [0.5, 0.6) is 0 Å². The van der Waals surface area contributed by atoms with Crippen LogP contribution < -0.4 is 0 Å². The normalized spacial score (nSPS) is 16.5. The third-order valence-electron chi connectivity index (χ3n) is 3.30. The molecular formula is C15H12O2. The molecule has 0 saturated carbocycles. The van der Waals surface area contributed by atoms with Crippen molar-refractivity contribution in [2.75, 3.05) is 0 Å². The topological polar surface area (TPSA) is 37.3 Å². The van der Waals surface area contributed by atoms with Gasteiger partial charge in [-0.3, -0.25) is 4.79 Å². The number of aliphatic hydroxyl groups excluding tert-OH is 1. The number of aliphatic hydroxyl groups is 1. The number of carbonyl (C=O) groups excluding carboxylic acids is 1. The quantitative estimate of drug-likeness (QED) is 0.756. The molecule has 3 rings (SSSR count). The number of benzene rings is 2. The van der Waals surface area contributed by atoms with E-state index in [2.05, 4.69) is 0 Å². The highest BCUT2D eigenvalue weighted by Crippen LogP contribution is 2.44. The zero-order chi connectivity index (χ0) is 12.0. The number of Topliss-reactive ketones (excluding diaryl/α,β-unsaturated/α-hetero) is 1. The van der Waals surface area contributed by atoms with Gasteiger partial charge in [-0.15, -0.1) is 0 Å². The minimum atomic E-state index is -0.611. The van der Waals surface area contributed by atoms with Gasteiger partial charge in [0.2, 0.25) is 0 Å². The molecule has 1 atom stereocenters. The van der Waals surface area contributed by atoms with Crippen molar-refractivity contribution in [2.24, 2.45) is 0 Å². The molecule has 2 heteroatoms. The maximum atomic E-state index is 11.6. The molecule has 2 nitrogen and oxygen atoms in total. The highest BCUT2D eigenvalue weighted by atomic mass is 16.3. The van der Waals surface area contributed by atoms with Gasteiger partial charge >= 0.3 is 0 Å². The van der Waals surface area contributed by atoms with Crippen molar-refractivity contribution in [1.29, 1.82) is 0 Å². The van der Waals surface area contributed by atoms with Gasteiger partial charge in [-0.2, -0.15) is 0 Å². The van der Waals surface area contributed by atoms with E-state index >= 15 is 0 Å². The first-order valence-electron chi connectivity index (χ1n) is 5.61. The van der Waals surface area contributed by atoms with Gasteiger partial charge in [0.05, 0.1) is 0 Å². The van der Waals surface area contributed by atoms with Crippen LogP contribution in [-0.4, -0.2) is 10.9 Å². The Morgan fingerprint density at radius 3 is 2.53 bits per heavy atom. The maximum Gasteiger partial charge on any atom is 0.160 e. The summed E-state index contributed by atoms with van der Waals surface area (Å²) in [5.41, 5.74) is 4.27. The Kier molecular flexibility index (Phi) is 2.13. The molecule has 0 radical (unpaired) electrons. The van der Waals surface area contributed by atoms with Crippen LogP contribution in [0.3, 0.4) is 0 Å². The SMILES string of the molecule is CC(=O)c1cccc2c1-c1ccccc1C2O. The predicted octanol–water partition coefficient (Wildman–Crippen LogP) is 2.95. The van der Waals surface area contributed by atoms with E-state index in [0.29, 0.717) is 5.56 Å². The number of hydrogen-bond acceptors (Lipinski definition) is 2. The third-order valence-corrected chi connectivity index (χ3v) is 3.30. The molecule has 2 aromatic carbocycles. The van der Waals surface area contributed by atoms with Crippen molar-refractivity contribution in [3.63, 3.8) is 0 Å². The number of ketones is 1. The van der Waals surface area contributed by atoms with Crippen molar-refractivity contribution in [2.45, 2.75) is 13.0 Å². The van der Waals surface area contributed by atoms with Gasteiger partial charge in [0.1, 0.15) is 6.10 Å². The van der Waals surface area contributed by atoms with Gasteiger partial charge in [-0.1, -0.05) is 42.5 Å². The first-order chi connectivity index (χ1) is 8.20. The molecular weight excluding hydrogens is 212 g/mol. The molecule has 1 aliphatic rings. The molecule has 1 unspecified atom stereocenters. The third kappa shape index (κ3) is 1.34. The van der Waals surface area contributed by atoms with Crippen molar-refractivity contribution in [3.8, 4) is 11.1 Å². The molecule has 0 amide bonds.